The second-order valence-corrected chi connectivity index (χ2v) is 9.88. The fourth-order valence-electron chi connectivity index (χ4n) is 3.88. The predicted molar refractivity (Wildman–Crippen MR) is 120 cm³/mol. The molecule has 1 aliphatic heterocycles. The number of likely N-dealkylation sites (tertiary alicyclic amines) is 1. The molecular formula is C22H26FN3O6S. The number of aryl methyl sites for hydroxylation is 1. The van der Waals surface area contributed by atoms with Gasteiger partial charge in [-0.05, 0) is 24.5 Å². The zero-order valence-electron chi connectivity index (χ0n) is 18.4. The summed E-state index contributed by atoms with van der Waals surface area (Å²) in [5.41, 5.74) is 3.84. The van der Waals surface area contributed by atoms with E-state index in [-0.39, 0.29) is 43.9 Å². The van der Waals surface area contributed by atoms with Crippen molar-refractivity contribution >= 4 is 42.0 Å². The van der Waals surface area contributed by atoms with E-state index in [1.807, 2.05) is 0 Å². The third kappa shape index (κ3) is 6.10. The Hall–Kier alpha value is -2.95. The molecule has 3 amide bonds. The SMILES string of the molecule is CC(C)(S)CC(=O)NN=C1CCc2cc(OCCC(C(=O)O)N3C(=O)CCC3=O)cc(F)c21. The number of carboxylic acid groups (broad SMARTS) is 1. The summed E-state index contributed by atoms with van der Waals surface area (Å²) >= 11 is 4.30. The molecule has 11 heteroatoms. The summed E-state index contributed by atoms with van der Waals surface area (Å²) in [6, 6.07) is 1.48. The lowest BCUT2D eigenvalue weighted by atomic mass is 10.1. The van der Waals surface area contributed by atoms with Gasteiger partial charge in [0.2, 0.25) is 17.7 Å². The minimum absolute atomic E-state index is 0.00372. The van der Waals surface area contributed by atoms with E-state index in [4.69, 9.17) is 4.74 Å². The fraction of sp³-hybridized carbons (Fsp3) is 0.500. The summed E-state index contributed by atoms with van der Waals surface area (Å²) in [6.07, 6.45) is 0.977. The Morgan fingerprint density at radius 3 is 2.52 bits per heavy atom. The van der Waals surface area contributed by atoms with Crippen molar-refractivity contribution in [3.63, 3.8) is 0 Å². The first-order valence-corrected chi connectivity index (χ1v) is 11.0. The van der Waals surface area contributed by atoms with E-state index in [1.54, 1.807) is 19.9 Å². The van der Waals surface area contributed by atoms with Crippen LogP contribution in [0, 0.1) is 5.82 Å². The predicted octanol–water partition coefficient (Wildman–Crippen LogP) is 2.06. The molecule has 0 radical (unpaired) electrons. The summed E-state index contributed by atoms with van der Waals surface area (Å²) in [4.78, 5) is 47.9. The average Bonchev–Trinajstić information content (AvgIpc) is 3.26. The van der Waals surface area contributed by atoms with Crippen LogP contribution in [-0.4, -0.2) is 56.8 Å². The van der Waals surface area contributed by atoms with E-state index < -0.39 is 34.4 Å². The quantitative estimate of drug-likeness (QED) is 0.283. The Bertz CT molecular complexity index is 1000. The van der Waals surface area contributed by atoms with Gasteiger partial charge in [0.1, 0.15) is 17.6 Å². The van der Waals surface area contributed by atoms with Crippen LogP contribution < -0.4 is 10.2 Å². The van der Waals surface area contributed by atoms with Crippen LogP contribution in [0.25, 0.3) is 0 Å². The molecule has 33 heavy (non-hydrogen) atoms. The molecule has 9 nitrogen and oxygen atoms in total. The van der Waals surface area contributed by atoms with Crippen LogP contribution >= 0.6 is 12.6 Å². The molecule has 0 spiro atoms. The van der Waals surface area contributed by atoms with E-state index in [2.05, 4.69) is 23.2 Å². The van der Waals surface area contributed by atoms with Gasteiger partial charge in [0.15, 0.2) is 0 Å². The zero-order valence-corrected chi connectivity index (χ0v) is 19.3. The van der Waals surface area contributed by atoms with E-state index >= 15 is 0 Å². The molecule has 1 aliphatic carbocycles. The van der Waals surface area contributed by atoms with Crippen molar-refractivity contribution in [3.8, 4) is 5.75 Å². The van der Waals surface area contributed by atoms with Crippen LogP contribution in [0.4, 0.5) is 4.39 Å². The number of thiol groups is 1. The highest BCUT2D eigenvalue weighted by molar-refractivity contribution is 7.81. The maximum Gasteiger partial charge on any atom is 0.327 e. The molecule has 1 atom stereocenters. The van der Waals surface area contributed by atoms with Gasteiger partial charge in [-0.15, -0.1) is 0 Å². The van der Waals surface area contributed by atoms with E-state index in [9.17, 15) is 28.7 Å². The Kier molecular flexibility index (Phi) is 7.41. The number of fused-ring (bicyclic) bond motifs is 1. The van der Waals surface area contributed by atoms with Gasteiger partial charge in [-0.2, -0.15) is 17.7 Å². The van der Waals surface area contributed by atoms with Gasteiger partial charge < -0.3 is 9.84 Å². The first-order valence-electron chi connectivity index (χ1n) is 10.6. The lowest BCUT2D eigenvalue weighted by Gasteiger charge is -2.22. The number of hydrogen-bond donors (Lipinski definition) is 3. The standard InChI is InChI=1S/C22H26FN3O6S/c1-22(2,33)11-17(27)25-24-15-4-3-12-9-13(10-14(23)20(12)15)32-8-7-16(21(30)31)26-18(28)5-6-19(26)29/h9-10,16,33H,3-8,11H2,1-2H3,(H,25,27)(H,30,31). The third-order valence-corrected chi connectivity index (χ3v) is 5.48. The average molecular weight is 480 g/mol. The van der Waals surface area contributed by atoms with Crippen LogP contribution in [0.3, 0.4) is 0 Å². The Morgan fingerprint density at radius 2 is 1.91 bits per heavy atom. The topological polar surface area (TPSA) is 125 Å². The lowest BCUT2D eigenvalue weighted by Crippen LogP contribution is -2.45. The molecule has 1 unspecified atom stereocenters. The number of hydrazone groups is 1. The van der Waals surface area contributed by atoms with Crippen molar-refractivity contribution < 1.29 is 33.4 Å². The highest BCUT2D eigenvalue weighted by Crippen LogP contribution is 2.30. The molecule has 1 aromatic rings. The molecule has 1 heterocycles. The highest BCUT2D eigenvalue weighted by Gasteiger charge is 2.38. The molecule has 0 aromatic heterocycles. The summed E-state index contributed by atoms with van der Waals surface area (Å²) < 4.78 is 19.8. The molecule has 2 aliphatic rings. The molecule has 1 saturated heterocycles. The van der Waals surface area contributed by atoms with Gasteiger partial charge in [-0.1, -0.05) is 13.8 Å². The number of halogens is 1. The first kappa shape index (κ1) is 24.7. The Labute approximate surface area is 195 Å². The Morgan fingerprint density at radius 1 is 1.24 bits per heavy atom. The van der Waals surface area contributed by atoms with Gasteiger partial charge >= 0.3 is 5.97 Å². The summed E-state index contributed by atoms with van der Waals surface area (Å²) in [7, 11) is 0. The summed E-state index contributed by atoms with van der Waals surface area (Å²) in [5, 5.41) is 13.5. The van der Waals surface area contributed by atoms with E-state index in [0.717, 1.165) is 4.90 Å². The Balaban J connectivity index is 1.64. The zero-order chi connectivity index (χ0) is 24.3. The molecule has 178 valence electrons. The number of carbonyl (C=O) groups excluding carboxylic acids is 3. The fourth-order valence-corrected chi connectivity index (χ4v) is 4.03. The minimum Gasteiger partial charge on any atom is -0.493 e. The second-order valence-electron chi connectivity index (χ2n) is 8.67. The first-order chi connectivity index (χ1) is 15.5. The van der Waals surface area contributed by atoms with Crippen molar-refractivity contribution in [2.45, 2.75) is 63.2 Å². The van der Waals surface area contributed by atoms with Crippen LogP contribution in [0.15, 0.2) is 17.2 Å². The van der Waals surface area contributed by atoms with Crippen molar-refractivity contribution in [2.75, 3.05) is 6.61 Å². The molecule has 3 rings (SSSR count). The van der Waals surface area contributed by atoms with Crippen molar-refractivity contribution in [1.29, 1.82) is 0 Å². The number of imide groups is 1. The van der Waals surface area contributed by atoms with Gasteiger partial charge in [0.05, 0.1) is 12.3 Å². The summed E-state index contributed by atoms with van der Waals surface area (Å²) in [6.45, 7) is 3.48. The minimum atomic E-state index is -1.32. The monoisotopic (exact) mass is 479 g/mol. The van der Waals surface area contributed by atoms with Crippen LogP contribution in [0.5, 0.6) is 5.75 Å². The lowest BCUT2D eigenvalue weighted by molar-refractivity contribution is -0.154. The normalized spacial score (nSPS) is 17.9. The number of nitrogens with one attached hydrogen (secondary N) is 1. The maximum atomic E-state index is 14.8. The van der Waals surface area contributed by atoms with Crippen molar-refractivity contribution in [3.05, 3.63) is 29.1 Å². The van der Waals surface area contributed by atoms with Crippen LogP contribution in [0.2, 0.25) is 0 Å². The number of nitrogens with zero attached hydrogens (tertiary/aromatic N) is 2. The molecule has 0 saturated carbocycles. The number of aliphatic carboxylic acids is 1. The van der Waals surface area contributed by atoms with Gasteiger partial charge in [0.25, 0.3) is 0 Å². The largest absolute Gasteiger partial charge is 0.493 e. The number of hydrogen-bond acceptors (Lipinski definition) is 7. The maximum absolute atomic E-state index is 14.8. The van der Waals surface area contributed by atoms with Gasteiger partial charge in [-0.3, -0.25) is 19.3 Å². The number of ether oxygens (including phenoxy) is 1. The van der Waals surface area contributed by atoms with E-state index in [0.29, 0.717) is 29.7 Å². The molecule has 1 aromatic carbocycles. The third-order valence-electron chi connectivity index (χ3n) is 5.32. The number of benzene rings is 1. The smallest absolute Gasteiger partial charge is 0.327 e. The number of amides is 3. The molecule has 1 fully saturated rings. The van der Waals surface area contributed by atoms with Gasteiger partial charge in [-0.25, -0.2) is 14.6 Å². The van der Waals surface area contributed by atoms with Crippen molar-refractivity contribution in [1.82, 2.24) is 10.3 Å². The summed E-state index contributed by atoms with van der Waals surface area (Å²) in [5.74, 6) is -3.02. The molecule has 2 N–H and O–H groups in total. The number of carboxylic acids is 1. The number of rotatable bonds is 9. The molecule has 0 bridgehead atoms. The van der Waals surface area contributed by atoms with Crippen LogP contribution in [0.1, 0.15) is 57.1 Å². The molecular weight excluding hydrogens is 453 g/mol. The van der Waals surface area contributed by atoms with E-state index in [1.165, 1.54) is 6.07 Å². The van der Waals surface area contributed by atoms with Crippen LogP contribution in [-0.2, 0) is 25.6 Å². The number of carbonyl (C=O) groups is 4. The second kappa shape index (κ2) is 9.90. The van der Waals surface area contributed by atoms with Crippen molar-refractivity contribution in [2.24, 2.45) is 5.10 Å². The highest BCUT2D eigenvalue weighted by atomic mass is 32.1. The van der Waals surface area contributed by atoms with Gasteiger partial charge in [0, 0.05) is 42.1 Å².